The van der Waals surface area contributed by atoms with Crippen LogP contribution in [0.5, 0.6) is 0 Å². The molecule has 1 aromatic rings. The molecule has 1 aromatic carbocycles. The summed E-state index contributed by atoms with van der Waals surface area (Å²) in [7, 11) is 1.95. The molecule has 1 atom stereocenters. The summed E-state index contributed by atoms with van der Waals surface area (Å²) in [6, 6.07) is 6.17. The minimum atomic E-state index is -0.416. The molecule has 0 bridgehead atoms. The predicted molar refractivity (Wildman–Crippen MR) is 79.8 cm³/mol. The Morgan fingerprint density at radius 3 is 3.05 bits per heavy atom. The van der Waals surface area contributed by atoms with Crippen molar-refractivity contribution in [3.05, 3.63) is 30.1 Å². The van der Waals surface area contributed by atoms with E-state index >= 15 is 0 Å². The number of nitrogens with zero attached hydrogens (tertiary/aromatic N) is 1. The van der Waals surface area contributed by atoms with Gasteiger partial charge in [0.05, 0.1) is 18.4 Å². The average molecular weight is 295 g/mol. The Bertz CT molecular complexity index is 464. The van der Waals surface area contributed by atoms with Crippen LogP contribution in [0.15, 0.2) is 24.3 Å². The molecular formula is C15H22FN3O2. The van der Waals surface area contributed by atoms with Crippen LogP contribution in [0.1, 0.15) is 6.42 Å². The highest BCUT2D eigenvalue weighted by Crippen LogP contribution is 2.12. The van der Waals surface area contributed by atoms with E-state index in [2.05, 4.69) is 15.5 Å². The third-order valence-electron chi connectivity index (χ3n) is 3.39. The van der Waals surface area contributed by atoms with Crippen LogP contribution in [0.2, 0.25) is 0 Å². The summed E-state index contributed by atoms with van der Waals surface area (Å²) in [5.41, 5.74) is 0.227. The number of nitrogens with one attached hydrogen (secondary N) is 2. The van der Waals surface area contributed by atoms with E-state index < -0.39 is 5.82 Å². The molecule has 0 spiro atoms. The zero-order valence-corrected chi connectivity index (χ0v) is 12.3. The summed E-state index contributed by atoms with van der Waals surface area (Å²) in [6.07, 6.45) is 0.490. The minimum Gasteiger partial charge on any atom is -0.374 e. The number of morpholine rings is 1. The maximum atomic E-state index is 13.4. The van der Waals surface area contributed by atoms with E-state index in [4.69, 9.17) is 4.74 Å². The first-order chi connectivity index (χ1) is 10.1. The number of amides is 1. The van der Waals surface area contributed by atoms with Gasteiger partial charge in [-0.05, 0) is 19.2 Å². The van der Waals surface area contributed by atoms with Gasteiger partial charge in [0.15, 0.2) is 0 Å². The van der Waals surface area contributed by atoms with E-state index in [9.17, 15) is 9.18 Å². The number of para-hydroxylation sites is 1. The molecule has 1 fully saturated rings. The quantitative estimate of drug-likeness (QED) is 0.824. The largest absolute Gasteiger partial charge is 0.374 e. The zero-order valence-electron chi connectivity index (χ0n) is 12.3. The molecule has 0 saturated carbocycles. The number of rotatable bonds is 6. The summed E-state index contributed by atoms with van der Waals surface area (Å²) < 4.78 is 19.0. The monoisotopic (exact) mass is 295 g/mol. The molecule has 0 radical (unpaired) electrons. The first kappa shape index (κ1) is 15.9. The molecule has 116 valence electrons. The predicted octanol–water partition coefficient (Wildman–Crippen LogP) is 1.07. The van der Waals surface area contributed by atoms with Crippen molar-refractivity contribution in [2.24, 2.45) is 0 Å². The van der Waals surface area contributed by atoms with Gasteiger partial charge in [-0.3, -0.25) is 4.79 Å². The van der Waals surface area contributed by atoms with Gasteiger partial charge >= 0.3 is 0 Å². The molecule has 0 aromatic heterocycles. The molecule has 21 heavy (non-hydrogen) atoms. The van der Waals surface area contributed by atoms with Gasteiger partial charge in [-0.2, -0.15) is 0 Å². The molecule has 1 saturated heterocycles. The van der Waals surface area contributed by atoms with Crippen LogP contribution in [0.3, 0.4) is 0 Å². The SMILES string of the molecule is CN(CCC(=O)Nc1ccccc1F)CC1CNCCO1. The summed E-state index contributed by atoms with van der Waals surface area (Å²) in [5, 5.41) is 5.86. The van der Waals surface area contributed by atoms with E-state index in [1.807, 2.05) is 7.05 Å². The summed E-state index contributed by atoms with van der Waals surface area (Å²) in [6.45, 7) is 3.85. The maximum Gasteiger partial charge on any atom is 0.225 e. The highest BCUT2D eigenvalue weighted by atomic mass is 19.1. The fourth-order valence-electron chi connectivity index (χ4n) is 2.24. The van der Waals surface area contributed by atoms with Crippen molar-refractivity contribution in [2.45, 2.75) is 12.5 Å². The highest BCUT2D eigenvalue weighted by molar-refractivity contribution is 5.90. The van der Waals surface area contributed by atoms with Crippen LogP contribution in [0.4, 0.5) is 10.1 Å². The van der Waals surface area contributed by atoms with Crippen LogP contribution in [-0.2, 0) is 9.53 Å². The Morgan fingerprint density at radius 2 is 2.33 bits per heavy atom. The summed E-state index contributed by atoms with van der Waals surface area (Å²) in [5.74, 6) is -0.601. The standard InChI is InChI=1S/C15H22FN3O2/c1-19(11-12-10-17-7-9-21-12)8-6-15(20)18-14-5-3-2-4-13(14)16/h2-5,12,17H,6-11H2,1H3,(H,18,20). The summed E-state index contributed by atoms with van der Waals surface area (Å²) >= 11 is 0. The highest BCUT2D eigenvalue weighted by Gasteiger charge is 2.16. The lowest BCUT2D eigenvalue weighted by atomic mass is 10.2. The number of ether oxygens (including phenoxy) is 1. The molecular weight excluding hydrogens is 273 g/mol. The number of halogens is 1. The number of hydrogen-bond donors (Lipinski definition) is 2. The first-order valence-electron chi connectivity index (χ1n) is 7.20. The number of benzene rings is 1. The topological polar surface area (TPSA) is 53.6 Å². The molecule has 1 aliphatic heterocycles. The van der Waals surface area contributed by atoms with E-state index in [0.717, 1.165) is 26.2 Å². The van der Waals surface area contributed by atoms with Crippen molar-refractivity contribution in [3.8, 4) is 0 Å². The van der Waals surface area contributed by atoms with Gasteiger partial charge in [-0.1, -0.05) is 12.1 Å². The number of anilines is 1. The van der Waals surface area contributed by atoms with E-state index in [1.54, 1.807) is 18.2 Å². The van der Waals surface area contributed by atoms with Crippen molar-refractivity contribution in [1.82, 2.24) is 10.2 Å². The molecule has 1 amide bonds. The van der Waals surface area contributed by atoms with Gasteiger partial charge in [0.1, 0.15) is 5.82 Å². The number of carbonyl (C=O) groups is 1. The van der Waals surface area contributed by atoms with Crippen molar-refractivity contribution >= 4 is 11.6 Å². The van der Waals surface area contributed by atoms with E-state index in [-0.39, 0.29) is 17.7 Å². The zero-order chi connectivity index (χ0) is 15.1. The molecule has 2 rings (SSSR count). The van der Waals surface area contributed by atoms with Gasteiger partial charge in [-0.25, -0.2) is 4.39 Å². The lowest BCUT2D eigenvalue weighted by Gasteiger charge is -2.27. The van der Waals surface area contributed by atoms with Crippen molar-refractivity contribution in [3.63, 3.8) is 0 Å². The van der Waals surface area contributed by atoms with E-state index in [0.29, 0.717) is 13.0 Å². The molecule has 6 heteroatoms. The van der Waals surface area contributed by atoms with Crippen LogP contribution >= 0.6 is 0 Å². The third kappa shape index (κ3) is 5.41. The second-order valence-electron chi connectivity index (χ2n) is 5.24. The van der Waals surface area contributed by atoms with Gasteiger partial charge in [0.2, 0.25) is 5.91 Å². The van der Waals surface area contributed by atoms with Crippen molar-refractivity contribution in [2.75, 3.05) is 45.2 Å². The molecule has 1 heterocycles. The molecule has 5 nitrogen and oxygen atoms in total. The number of carbonyl (C=O) groups excluding carboxylic acids is 1. The second-order valence-corrected chi connectivity index (χ2v) is 5.24. The number of hydrogen-bond acceptors (Lipinski definition) is 4. The van der Waals surface area contributed by atoms with Crippen LogP contribution < -0.4 is 10.6 Å². The Morgan fingerprint density at radius 1 is 1.52 bits per heavy atom. The fraction of sp³-hybridized carbons (Fsp3) is 0.533. The van der Waals surface area contributed by atoms with Crippen molar-refractivity contribution < 1.29 is 13.9 Å². The molecule has 2 N–H and O–H groups in total. The molecule has 0 aliphatic carbocycles. The minimum absolute atomic E-state index is 0.165. The average Bonchev–Trinajstić information content (AvgIpc) is 2.49. The lowest BCUT2D eigenvalue weighted by molar-refractivity contribution is -0.116. The Labute approximate surface area is 124 Å². The lowest BCUT2D eigenvalue weighted by Crippen LogP contribution is -2.44. The normalized spacial score (nSPS) is 18.7. The van der Waals surface area contributed by atoms with Crippen LogP contribution in [-0.4, -0.2) is 56.7 Å². The maximum absolute atomic E-state index is 13.4. The second kappa shape index (κ2) is 8.07. The van der Waals surface area contributed by atoms with Gasteiger partial charge in [0.25, 0.3) is 0 Å². The first-order valence-corrected chi connectivity index (χ1v) is 7.20. The van der Waals surface area contributed by atoms with Gasteiger partial charge in [-0.15, -0.1) is 0 Å². The smallest absolute Gasteiger partial charge is 0.225 e. The van der Waals surface area contributed by atoms with Crippen molar-refractivity contribution in [1.29, 1.82) is 0 Å². The Balaban J connectivity index is 1.69. The Kier molecular flexibility index (Phi) is 6.10. The Hall–Kier alpha value is -1.50. The number of likely N-dealkylation sites (N-methyl/N-ethyl adjacent to an activating group) is 1. The molecule has 1 unspecified atom stereocenters. The summed E-state index contributed by atoms with van der Waals surface area (Å²) in [4.78, 5) is 13.9. The van der Waals surface area contributed by atoms with Crippen LogP contribution in [0.25, 0.3) is 0 Å². The van der Waals surface area contributed by atoms with Gasteiger partial charge in [0, 0.05) is 32.6 Å². The van der Waals surface area contributed by atoms with Gasteiger partial charge < -0.3 is 20.3 Å². The van der Waals surface area contributed by atoms with Crippen LogP contribution in [0, 0.1) is 5.82 Å². The fourth-order valence-corrected chi connectivity index (χ4v) is 2.24. The third-order valence-corrected chi connectivity index (χ3v) is 3.39. The molecule has 1 aliphatic rings. The van der Waals surface area contributed by atoms with E-state index in [1.165, 1.54) is 6.07 Å².